The van der Waals surface area contributed by atoms with Crippen molar-refractivity contribution in [3.8, 4) is 0 Å². The van der Waals surface area contributed by atoms with Crippen LogP contribution in [0.2, 0.25) is 0 Å². The molecule has 0 fully saturated rings. The summed E-state index contributed by atoms with van der Waals surface area (Å²) < 4.78 is 0. The Morgan fingerprint density at radius 1 is 0.222 bits per heavy atom. The van der Waals surface area contributed by atoms with Crippen molar-refractivity contribution < 1.29 is 43.8 Å². The Morgan fingerprint density at radius 3 is 0.222 bits per heavy atom. The van der Waals surface area contributed by atoms with Crippen LogP contribution in [-0.4, -0.2) is 92.7 Å². The van der Waals surface area contributed by atoms with Gasteiger partial charge < -0.3 is 43.8 Å². The van der Waals surface area contributed by atoms with Crippen molar-refractivity contribution in [3.63, 3.8) is 0 Å². The number of rotatable bonds is 0. The van der Waals surface area contributed by atoms with Crippen LogP contribution in [0, 0.1) is 0 Å². The molecule has 0 rings (SSSR count). The predicted octanol–water partition coefficient (Wildman–Crippen LogP) is -6.98. The third-order valence-electron chi connectivity index (χ3n) is 0. The van der Waals surface area contributed by atoms with Crippen LogP contribution in [0.15, 0.2) is 0 Å². The second kappa shape index (κ2) is 402. The monoisotopic (exact) mass is 282 g/mol. The Bertz CT molecular complexity index is 4.53. The maximum atomic E-state index is 0. The fraction of sp³-hybridized carbons (Fsp3) is 0. The zero-order chi connectivity index (χ0) is 0. The van der Waals surface area contributed by atoms with E-state index >= 15 is 0 Å². The van der Waals surface area contributed by atoms with Gasteiger partial charge in [0.25, 0.3) is 0 Å². The molecule has 0 amide bonds. The summed E-state index contributed by atoms with van der Waals surface area (Å²) in [5.41, 5.74) is 0. The van der Waals surface area contributed by atoms with E-state index in [0.29, 0.717) is 0 Å². The molecule has 0 spiro atoms. The largest absolute Gasteiger partial charge is 2.00 e. The fourth-order valence-electron chi connectivity index (χ4n) is 0. The molecule has 0 aromatic carbocycles. The maximum Gasteiger partial charge on any atom is 2.00 e. The molecule has 0 heterocycles. The van der Waals surface area contributed by atoms with E-state index in [1.807, 2.05) is 0 Å². The summed E-state index contributed by atoms with van der Waals surface area (Å²) in [4.78, 5) is 0. The van der Waals surface area contributed by atoms with E-state index in [2.05, 4.69) is 0 Å². The molecule has 0 bridgehead atoms. The minimum Gasteiger partial charge on any atom is -0.412 e. The van der Waals surface area contributed by atoms with Crippen LogP contribution in [-0.2, 0) is 0 Å². The smallest absolute Gasteiger partial charge is 0.412 e. The van der Waals surface area contributed by atoms with Gasteiger partial charge in [-0.15, -0.1) is 0 Å². The first-order chi connectivity index (χ1) is 0. The van der Waals surface area contributed by atoms with Crippen LogP contribution in [0.5, 0.6) is 0 Å². The average Bonchev–Trinajstić information content (AvgIpc) is 0. The molecular formula is H16BaO8+2. The van der Waals surface area contributed by atoms with Gasteiger partial charge in [-0.25, -0.2) is 0 Å². The van der Waals surface area contributed by atoms with Crippen molar-refractivity contribution in [1.29, 1.82) is 0 Å². The van der Waals surface area contributed by atoms with Gasteiger partial charge in [-0.05, 0) is 0 Å². The molecule has 0 unspecified atom stereocenters. The predicted molar refractivity (Wildman–Crippen MR) is 34.7 cm³/mol. The Labute approximate surface area is 91.8 Å². The van der Waals surface area contributed by atoms with Crippen LogP contribution >= 0.6 is 0 Å². The van der Waals surface area contributed by atoms with E-state index in [0.717, 1.165) is 0 Å². The van der Waals surface area contributed by atoms with Crippen LogP contribution in [0.25, 0.3) is 0 Å². The summed E-state index contributed by atoms with van der Waals surface area (Å²) in [6, 6.07) is 0. The summed E-state index contributed by atoms with van der Waals surface area (Å²) in [7, 11) is 0. The number of hydrogen-bond acceptors (Lipinski definition) is 0. The molecule has 9 heteroatoms. The fourth-order valence-corrected chi connectivity index (χ4v) is 0. The average molecular weight is 281 g/mol. The molecule has 0 atom stereocenters. The first-order valence-corrected chi connectivity index (χ1v) is 0. The van der Waals surface area contributed by atoms with Gasteiger partial charge in [0.05, 0.1) is 0 Å². The molecular weight excluding hydrogens is 265 g/mol. The Balaban J connectivity index is 0. The van der Waals surface area contributed by atoms with Gasteiger partial charge >= 0.3 is 48.9 Å². The molecule has 0 saturated heterocycles. The van der Waals surface area contributed by atoms with Crippen molar-refractivity contribution in [2.45, 2.75) is 0 Å². The second-order valence-corrected chi connectivity index (χ2v) is 0. The first kappa shape index (κ1) is 560. The molecule has 0 radical (unpaired) electrons. The minimum atomic E-state index is 0. The van der Waals surface area contributed by atoms with Gasteiger partial charge in [-0.1, -0.05) is 0 Å². The topological polar surface area (TPSA) is 252 Å². The molecule has 0 aliphatic heterocycles. The van der Waals surface area contributed by atoms with E-state index in [1.165, 1.54) is 0 Å². The molecule has 64 valence electrons. The third kappa shape index (κ3) is 311. The van der Waals surface area contributed by atoms with Gasteiger partial charge in [0.15, 0.2) is 0 Å². The first-order valence-electron chi connectivity index (χ1n) is 0. The Hall–Kier alpha value is 1.25. The van der Waals surface area contributed by atoms with Crippen LogP contribution in [0.1, 0.15) is 0 Å². The van der Waals surface area contributed by atoms with Crippen LogP contribution < -0.4 is 0 Å². The van der Waals surface area contributed by atoms with Gasteiger partial charge in [0.2, 0.25) is 0 Å². The van der Waals surface area contributed by atoms with Crippen LogP contribution in [0.4, 0.5) is 0 Å². The summed E-state index contributed by atoms with van der Waals surface area (Å²) in [6.07, 6.45) is 0. The van der Waals surface area contributed by atoms with Crippen molar-refractivity contribution in [3.05, 3.63) is 0 Å². The molecule has 9 heavy (non-hydrogen) atoms. The maximum absolute atomic E-state index is 0. The Morgan fingerprint density at radius 2 is 0.222 bits per heavy atom. The van der Waals surface area contributed by atoms with Gasteiger partial charge in [0, 0.05) is 0 Å². The summed E-state index contributed by atoms with van der Waals surface area (Å²) in [5.74, 6) is 0. The standard InChI is InChI=1S/Ba.8H2O/h;8*1H2/q+2;;;;;;;;. The van der Waals surface area contributed by atoms with Gasteiger partial charge in [-0.3, -0.25) is 0 Å². The second-order valence-electron chi connectivity index (χ2n) is 0. The van der Waals surface area contributed by atoms with E-state index in [1.54, 1.807) is 0 Å². The van der Waals surface area contributed by atoms with Crippen LogP contribution in [0.3, 0.4) is 0 Å². The van der Waals surface area contributed by atoms with E-state index < -0.39 is 0 Å². The van der Waals surface area contributed by atoms with Gasteiger partial charge in [-0.2, -0.15) is 0 Å². The van der Waals surface area contributed by atoms with E-state index in [4.69, 9.17) is 0 Å². The molecule has 0 saturated carbocycles. The molecule has 16 N–H and O–H groups in total. The third-order valence-corrected chi connectivity index (χ3v) is 0. The summed E-state index contributed by atoms with van der Waals surface area (Å²) >= 11 is 0. The van der Waals surface area contributed by atoms with Gasteiger partial charge in [0.1, 0.15) is 0 Å². The molecule has 0 aromatic rings. The van der Waals surface area contributed by atoms with E-state index in [-0.39, 0.29) is 92.7 Å². The minimum absolute atomic E-state index is 0. The summed E-state index contributed by atoms with van der Waals surface area (Å²) in [6.45, 7) is 0. The molecule has 8 nitrogen and oxygen atoms in total. The van der Waals surface area contributed by atoms with Crippen molar-refractivity contribution in [1.82, 2.24) is 0 Å². The number of hydrogen-bond donors (Lipinski definition) is 0. The molecule has 0 aliphatic carbocycles. The van der Waals surface area contributed by atoms with Crippen molar-refractivity contribution in [2.75, 3.05) is 0 Å². The summed E-state index contributed by atoms with van der Waals surface area (Å²) in [5, 5.41) is 0. The van der Waals surface area contributed by atoms with Crippen molar-refractivity contribution in [2.24, 2.45) is 0 Å². The Kier molecular flexibility index (Phi) is 25000. The molecule has 0 aromatic heterocycles. The normalized spacial score (nSPS) is 0. The quantitative estimate of drug-likeness (QED) is 0.375. The molecule has 0 aliphatic rings. The zero-order valence-electron chi connectivity index (χ0n) is 4.71. The van der Waals surface area contributed by atoms with Crippen molar-refractivity contribution >= 4 is 48.9 Å². The zero-order valence-corrected chi connectivity index (χ0v) is 9.15. The SMILES string of the molecule is O.O.O.O.O.O.O.O.[Ba+2]. The van der Waals surface area contributed by atoms with E-state index in [9.17, 15) is 0 Å².